The lowest BCUT2D eigenvalue weighted by Gasteiger charge is -2.21. The van der Waals surface area contributed by atoms with Gasteiger partial charge in [-0.25, -0.2) is 9.97 Å². The fourth-order valence-electron chi connectivity index (χ4n) is 3.61. The van der Waals surface area contributed by atoms with Crippen LogP contribution in [0.4, 0.5) is 5.82 Å². The molecule has 1 unspecified atom stereocenters. The maximum absolute atomic E-state index is 12.5. The number of carbonyl (C=O) groups is 1. The summed E-state index contributed by atoms with van der Waals surface area (Å²) in [4.78, 5) is 24.2. The number of aromatic nitrogens is 2. The quantitative estimate of drug-likeness (QED) is 0.946. The maximum atomic E-state index is 12.5. The van der Waals surface area contributed by atoms with Crippen LogP contribution < -0.4 is 5.32 Å². The van der Waals surface area contributed by atoms with Crippen LogP contribution in [0.25, 0.3) is 10.2 Å². The lowest BCUT2D eigenvalue weighted by molar-refractivity contribution is -0.134. The Labute approximate surface area is 133 Å². The Kier molecular flexibility index (Phi) is 3.70. The van der Waals surface area contributed by atoms with Crippen LogP contribution in [0, 0.1) is 5.92 Å². The van der Waals surface area contributed by atoms with Crippen molar-refractivity contribution in [3.05, 3.63) is 17.8 Å². The summed E-state index contributed by atoms with van der Waals surface area (Å²) >= 11 is 1.63. The summed E-state index contributed by atoms with van der Waals surface area (Å²) < 4.78 is 0. The van der Waals surface area contributed by atoms with E-state index in [0.29, 0.717) is 11.9 Å². The van der Waals surface area contributed by atoms with Gasteiger partial charge in [-0.3, -0.25) is 4.79 Å². The van der Waals surface area contributed by atoms with Crippen LogP contribution in [0.2, 0.25) is 0 Å². The number of rotatable bonds is 3. The second-order valence-electron chi connectivity index (χ2n) is 6.26. The summed E-state index contributed by atoms with van der Waals surface area (Å²) in [7, 11) is 0. The van der Waals surface area contributed by atoms with E-state index >= 15 is 0 Å². The molecule has 0 spiro atoms. The van der Waals surface area contributed by atoms with Crippen molar-refractivity contribution in [3.63, 3.8) is 0 Å². The molecule has 3 heterocycles. The molecule has 1 saturated carbocycles. The van der Waals surface area contributed by atoms with Crippen LogP contribution in [-0.2, 0) is 4.79 Å². The van der Waals surface area contributed by atoms with Gasteiger partial charge in [-0.2, -0.15) is 0 Å². The summed E-state index contributed by atoms with van der Waals surface area (Å²) in [5.41, 5.74) is 0. The van der Waals surface area contributed by atoms with Crippen LogP contribution in [0.1, 0.15) is 32.1 Å². The number of thiophene rings is 1. The smallest absolute Gasteiger partial charge is 0.225 e. The zero-order valence-corrected chi connectivity index (χ0v) is 13.3. The molecule has 0 aromatic carbocycles. The Morgan fingerprint density at radius 1 is 1.27 bits per heavy atom. The standard InChI is InChI=1S/C16H20N4OS/c21-16(11-3-1-2-4-11)20-7-5-12(9-20)19-14-13-6-8-22-15(13)18-10-17-14/h6,8,10-12H,1-5,7,9H2,(H,17,18,19). The normalized spacial score (nSPS) is 22.5. The van der Waals surface area contributed by atoms with E-state index in [9.17, 15) is 4.79 Å². The lowest BCUT2D eigenvalue weighted by Crippen LogP contribution is -2.35. The van der Waals surface area contributed by atoms with E-state index < -0.39 is 0 Å². The van der Waals surface area contributed by atoms with Crippen LogP contribution in [-0.4, -0.2) is 39.9 Å². The Morgan fingerprint density at radius 2 is 2.14 bits per heavy atom. The zero-order valence-electron chi connectivity index (χ0n) is 12.5. The van der Waals surface area contributed by atoms with E-state index in [-0.39, 0.29) is 5.92 Å². The molecule has 2 fully saturated rings. The monoisotopic (exact) mass is 316 g/mol. The van der Waals surface area contributed by atoms with Gasteiger partial charge in [-0.1, -0.05) is 12.8 Å². The van der Waals surface area contributed by atoms with Gasteiger partial charge >= 0.3 is 0 Å². The van der Waals surface area contributed by atoms with Crippen molar-refractivity contribution in [2.24, 2.45) is 5.92 Å². The van der Waals surface area contributed by atoms with Gasteiger partial charge in [-0.15, -0.1) is 11.3 Å². The molecular formula is C16H20N4OS. The van der Waals surface area contributed by atoms with Gasteiger partial charge in [0.1, 0.15) is 17.0 Å². The number of nitrogens with one attached hydrogen (secondary N) is 1. The number of anilines is 1. The maximum Gasteiger partial charge on any atom is 0.225 e. The molecule has 1 atom stereocenters. The highest BCUT2D eigenvalue weighted by Crippen LogP contribution is 2.29. The van der Waals surface area contributed by atoms with Crippen molar-refractivity contribution in [2.75, 3.05) is 18.4 Å². The third-order valence-corrected chi connectivity index (χ3v) is 5.63. The van der Waals surface area contributed by atoms with E-state index in [1.807, 2.05) is 10.3 Å². The first-order valence-corrected chi connectivity index (χ1v) is 8.93. The summed E-state index contributed by atoms with van der Waals surface area (Å²) in [6.45, 7) is 1.66. The van der Waals surface area contributed by atoms with Gasteiger partial charge in [-0.05, 0) is 30.7 Å². The molecule has 2 aromatic heterocycles. The molecule has 4 rings (SSSR count). The van der Waals surface area contributed by atoms with Crippen molar-refractivity contribution in [1.82, 2.24) is 14.9 Å². The Morgan fingerprint density at radius 3 is 3.00 bits per heavy atom. The number of amides is 1. The SMILES string of the molecule is O=C(C1CCCC1)N1CCC(Nc2ncnc3sccc23)C1. The Bertz CT molecular complexity index is 680. The van der Waals surface area contributed by atoms with Crippen molar-refractivity contribution in [3.8, 4) is 0 Å². The van der Waals surface area contributed by atoms with E-state index in [4.69, 9.17) is 0 Å². The zero-order chi connectivity index (χ0) is 14.9. The number of hydrogen-bond donors (Lipinski definition) is 1. The summed E-state index contributed by atoms with van der Waals surface area (Å²) in [5, 5.41) is 6.62. The molecule has 2 aliphatic rings. The van der Waals surface area contributed by atoms with Gasteiger partial charge in [0.15, 0.2) is 0 Å². The van der Waals surface area contributed by atoms with Crippen molar-refractivity contribution in [1.29, 1.82) is 0 Å². The fraction of sp³-hybridized carbons (Fsp3) is 0.562. The summed E-state index contributed by atoms with van der Waals surface area (Å²) in [6.07, 6.45) is 7.18. The molecule has 1 N–H and O–H groups in total. The number of hydrogen-bond acceptors (Lipinski definition) is 5. The fourth-order valence-corrected chi connectivity index (χ4v) is 4.34. The first-order chi connectivity index (χ1) is 10.8. The second-order valence-corrected chi connectivity index (χ2v) is 7.15. The van der Waals surface area contributed by atoms with E-state index in [1.165, 1.54) is 12.8 Å². The van der Waals surface area contributed by atoms with Gasteiger partial charge in [0.25, 0.3) is 0 Å². The predicted molar refractivity (Wildman–Crippen MR) is 88.0 cm³/mol. The molecule has 22 heavy (non-hydrogen) atoms. The number of likely N-dealkylation sites (tertiary alicyclic amines) is 1. The molecule has 6 heteroatoms. The second kappa shape index (κ2) is 5.83. The summed E-state index contributed by atoms with van der Waals surface area (Å²) in [5.74, 6) is 1.54. The summed E-state index contributed by atoms with van der Waals surface area (Å²) in [6, 6.07) is 2.35. The van der Waals surface area contributed by atoms with Crippen LogP contribution >= 0.6 is 11.3 Å². The topological polar surface area (TPSA) is 58.1 Å². The number of fused-ring (bicyclic) bond motifs is 1. The van der Waals surface area contributed by atoms with Crippen molar-refractivity contribution >= 4 is 33.3 Å². The van der Waals surface area contributed by atoms with Gasteiger partial charge in [0, 0.05) is 25.0 Å². The third kappa shape index (κ3) is 2.56. The van der Waals surface area contributed by atoms with Crippen LogP contribution in [0.3, 0.4) is 0 Å². The van der Waals surface area contributed by atoms with Gasteiger partial charge in [0.2, 0.25) is 5.91 Å². The Balaban J connectivity index is 1.42. The molecule has 1 aliphatic carbocycles. The van der Waals surface area contributed by atoms with Crippen molar-refractivity contribution in [2.45, 2.75) is 38.1 Å². The number of carbonyl (C=O) groups excluding carboxylic acids is 1. The van der Waals surface area contributed by atoms with Gasteiger partial charge < -0.3 is 10.2 Å². The van der Waals surface area contributed by atoms with Crippen LogP contribution in [0.15, 0.2) is 17.8 Å². The van der Waals surface area contributed by atoms with E-state index in [0.717, 1.165) is 48.4 Å². The van der Waals surface area contributed by atoms with E-state index in [1.54, 1.807) is 17.7 Å². The average molecular weight is 316 g/mol. The minimum Gasteiger partial charge on any atom is -0.365 e. The van der Waals surface area contributed by atoms with Crippen molar-refractivity contribution < 1.29 is 4.79 Å². The molecule has 1 amide bonds. The molecule has 0 bridgehead atoms. The largest absolute Gasteiger partial charge is 0.365 e. The molecule has 0 radical (unpaired) electrons. The molecule has 1 aliphatic heterocycles. The molecule has 116 valence electrons. The predicted octanol–water partition coefficient (Wildman–Crippen LogP) is 2.89. The Hall–Kier alpha value is -1.69. The highest BCUT2D eigenvalue weighted by Gasteiger charge is 2.32. The molecule has 2 aromatic rings. The van der Waals surface area contributed by atoms with Crippen LogP contribution in [0.5, 0.6) is 0 Å². The highest BCUT2D eigenvalue weighted by atomic mass is 32.1. The average Bonchev–Trinajstić information content (AvgIpc) is 3.28. The third-order valence-electron chi connectivity index (χ3n) is 4.81. The van der Waals surface area contributed by atoms with Gasteiger partial charge in [0.05, 0.1) is 5.39 Å². The first-order valence-electron chi connectivity index (χ1n) is 8.05. The molecule has 1 saturated heterocycles. The molecular weight excluding hydrogens is 296 g/mol. The van der Waals surface area contributed by atoms with E-state index in [2.05, 4.69) is 21.4 Å². The number of nitrogens with zero attached hydrogens (tertiary/aromatic N) is 3. The first kappa shape index (κ1) is 13.9. The minimum atomic E-state index is 0.279. The highest BCUT2D eigenvalue weighted by molar-refractivity contribution is 7.16. The molecule has 5 nitrogen and oxygen atoms in total. The lowest BCUT2D eigenvalue weighted by atomic mass is 10.1. The minimum absolute atomic E-state index is 0.279.